The van der Waals surface area contributed by atoms with Gasteiger partial charge >= 0.3 is 6.09 Å². The highest BCUT2D eigenvalue weighted by atomic mass is 16.6. The molecule has 0 spiro atoms. The maximum absolute atomic E-state index is 12.4. The number of carbonyl (C=O) groups is 1. The number of nitrogens with zero attached hydrogens (tertiary/aromatic N) is 2. The molecule has 4 rings (SSSR count). The van der Waals surface area contributed by atoms with Gasteiger partial charge in [0.05, 0.1) is 12.6 Å². The molecule has 2 atom stereocenters. The van der Waals surface area contributed by atoms with Gasteiger partial charge in [-0.15, -0.1) is 0 Å². The van der Waals surface area contributed by atoms with Gasteiger partial charge in [-0.3, -0.25) is 4.90 Å². The molecule has 1 saturated heterocycles. The van der Waals surface area contributed by atoms with Crippen LogP contribution in [-0.4, -0.2) is 52.8 Å². The van der Waals surface area contributed by atoms with Gasteiger partial charge in [-0.25, -0.2) is 4.79 Å². The number of β-amino-alcohol motifs (C(OH)–C–C–N with tert-alkyl or cyclic N) is 1. The second-order valence-corrected chi connectivity index (χ2v) is 7.92. The standard InChI is InChI=1S/C23H28N2O3/c26-22-16-25(23(27)28-17-19-9-5-2-6-10-19)15-20(22)14-24(21-11-12-21)13-18-7-3-1-4-8-18/h1-10,20-22,26H,11-17H2/t20-,22-/m1/s1. The maximum Gasteiger partial charge on any atom is 0.410 e. The van der Waals surface area contributed by atoms with Crippen molar-refractivity contribution in [2.45, 2.75) is 38.1 Å². The molecule has 1 heterocycles. The predicted octanol–water partition coefficient (Wildman–Crippen LogP) is 3.28. The first kappa shape index (κ1) is 19.0. The number of aliphatic hydroxyl groups is 1. The molecule has 0 radical (unpaired) electrons. The first-order valence-electron chi connectivity index (χ1n) is 10.1. The fourth-order valence-corrected chi connectivity index (χ4v) is 3.89. The van der Waals surface area contributed by atoms with Gasteiger partial charge in [0, 0.05) is 31.6 Å². The summed E-state index contributed by atoms with van der Waals surface area (Å²) in [6, 6.07) is 20.7. The Morgan fingerprint density at radius 1 is 1.00 bits per heavy atom. The molecule has 0 bridgehead atoms. The minimum absolute atomic E-state index is 0.0635. The maximum atomic E-state index is 12.4. The van der Waals surface area contributed by atoms with Crippen molar-refractivity contribution in [3.8, 4) is 0 Å². The van der Waals surface area contributed by atoms with E-state index in [9.17, 15) is 9.90 Å². The van der Waals surface area contributed by atoms with Gasteiger partial charge in [0.2, 0.25) is 0 Å². The lowest BCUT2D eigenvalue weighted by atomic mass is 10.1. The summed E-state index contributed by atoms with van der Waals surface area (Å²) in [4.78, 5) is 16.5. The Kier molecular flexibility index (Phi) is 5.93. The van der Waals surface area contributed by atoms with Gasteiger partial charge in [-0.2, -0.15) is 0 Å². The highest BCUT2D eigenvalue weighted by Crippen LogP contribution is 2.31. The summed E-state index contributed by atoms with van der Waals surface area (Å²) in [5.74, 6) is 0.0635. The average molecular weight is 380 g/mol. The van der Waals surface area contributed by atoms with E-state index in [0.717, 1.165) is 18.7 Å². The molecule has 1 N–H and O–H groups in total. The monoisotopic (exact) mass is 380 g/mol. The van der Waals surface area contributed by atoms with E-state index >= 15 is 0 Å². The van der Waals surface area contributed by atoms with E-state index in [2.05, 4.69) is 29.2 Å². The summed E-state index contributed by atoms with van der Waals surface area (Å²) >= 11 is 0. The minimum atomic E-state index is -0.499. The van der Waals surface area contributed by atoms with Crippen LogP contribution in [0.3, 0.4) is 0 Å². The Balaban J connectivity index is 1.30. The third-order valence-electron chi connectivity index (χ3n) is 5.63. The summed E-state index contributed by atoms with van der Waals surface area (Å²) < 4.78 is 5.43. The first-order chi connectivity index (χ1) is 13.7. The molecule has 0 unspecified atom stereocenters. The Hall–Kier alpha value is -2.37. The van der Waals surface area contributed by atoms with E-state index in [1.807, 2.05) is 36.4 Å². The molecule has 2 aromatic carbocycles. The Bertz CT molecular complexity index is 764. The third kappa shape index (κ3) is 4.91. The third-order valence-corrected chi connectivity index (χ3v) is 5.63. The number of amides is 1. The van der Waals surface area contributed by atoms with Gasteiger partial charge in [-0.1, -0.05) is 60.7 Å². The van der Waals surface area contributed by atoms with Gasteiger partial charge in [-0.05, 0) is 24.0 Å². The van der Waals surface area contributed by atoms with Crippen molar-refractivity contribution in [1.82, 2.24) is 9.80 Å². The van der Waals surface area contributed by atoms with Gasteiger partial charge in [0.15, 0.2) is 0 Å². The fourth-order valence-electron chi connectivity index (χ4n) is 3.89. The molecule has 1 saturated carbocycles. The van der Waals surface area contributed by atoms with Crippen LogP contribution in [0.5, 0.6) is 0 Å². The molecule has 5 heteroatoms. The zero-order chi connectivity index (χ0) is 19.3. The number of hydrogen-bond acceptors (Lipinski definition) is 4. The summed E-state index contributed by atoms with van der Waals surface area (Å²) in [5.41, 5.74) is 2.26. The van der Waals surface area contributed by atoms with Crippen molar-refractivity contribution in [1.29, 1.82) is 0 Å². The summed E-state index contributed by atoms with van der Waals surface area (Å²) in [6.45, 7) is 2.87. The lowest BCUT2D eigenvalue weighted by Crippen LogP contribution is -2.36. The molecule has 2 aliphatic rings. The molecule has 28 heavy (non-hydrogen) atoms. The number of likely N-dealkylation sites (tertiary alicyclic amines) is 1. The van der Waals surface area contributed by atoms with Crippen molar-refractivity contribution in [2.24, 2.45) is 5.92 Å². The van der Waals surface area contributed by atoms with Crippen molar-refractivity contribution in [3.05, 3.63) is 71.8 Å². The summed E-state index contributed by atoms with van der Waals surface area (Å²) in [7, 11) is 0. The Labute approximate surface area is 166 Å². The van der Waals surface area contributed by atoms with Crippen molar-refractivity contribution in [3.63, 3.8) is 0 Å². The molecule has 1 aliphatic carbocycles. The van der Waals surface area contributed by atoms with Crippen LogP contribution in [0.4, 0.5) is 4.79 Å². The number of hydrogen-bond donors (Lipinski definition) is 1. The van der Waals surface area contributed by atoms with Crippen LogP contribution in [0.1, 0.15) is 24.0 Å². The van der Waals surface area contributed by atoms with E-state index in [4.69, 9.17) is 4.74 Å². The van der Waals surface area contributed by atoms with E-state index in [1.165, 1.54) is 18.4 Å². The highest BCUT2D eigenvalue weighted by molar-refractivity contribution is 5.68. The van der Waals surface area contributed by atoms with Crippen LogP contribution in [0.2, 0.25) is 0 Å². The quantitative estimate of drug-likeness (QED) is 0.801. The van der Waals surface area contributed by atoms with Crippen LogP contribution < -0.4 is 0 Å². The second kappa shape index (κ2) is 8.76. The molecular weight excluding hydrogens is 352 g/mol. The average Bonchev–Trinajstić information content (AvgIpc) is 3.51. The minimum Gasteiger partial charge on any atom is -0.445 e. The van der Waals surface area contributed by atoms with Crippen LogP contribution in [-0.2, 0) is 17.9 Å². The molecule has 2 aromatic rings. The first-order valence-corrected chi connectivity index (χ1v) is 10.1. The fraction of sp³-hybridized carbons (Fsp3) is 0.435. The van der Waals surface area contributed by atoms with Crippen LogP contribution in [0.25, 0.3) is 0 Å². The summed E-state index contributed by atoms with van der Waals surface area (Å²) in [5, 5.41) is 10.5. The van der Waals surface area contributed by atoms with Gasteiger partial charge in [0.25, 0.3) is 0 Å². The number of aliphatic hydroxyl groups excluding tert-OH is 1. The van der Waals surface area contributed by atoms with Crippen molar-refractivity contribution >= 4 is 6.09 Å². The lowest BCUT2D eigenvalue weighted by molar-refractivity contribution is 0.0951. The molecule has 1 amide bonds. The number of benzene rings is 2. The molecule has 0 aromatic heterocycles. The number of rotatable bonds is 7. The SMILES string of the molecule is O=C(OCc1ccccc1)N1C[C@@H](CN(Cc2ccccc2)C2CC2)[C@H](O)C1. The molecule has 5 nitrogen and oxygen atoms in total. The molecule has 1 aliphatic heterocycles. The largest absolute Gasteiger partial charge is 0.445 e. The van der Waals surface area contributed by atoms with Gasteiger partial charge < -0.3 is 14.7 Å². The zero-order valence-corrected chi connectivity index (χ0v) is 16.1. The topological polar surface area (TPSA) is 53.0 Å². The van der Waals surface area contributed by atoms with E-state index in [0.29, 0.717) is 19.1 Å². The highest BCUT2D eigenvalue weighted by Gasteiger charge is 2.38. The van der Waals surface area contributed by atoms with E-state index in [1.54, 1.807) is 4.90 Å². The van der Waals surface area contributed by atoms with E-state index < -0.39 is 6.10 Å². The molecular formula is C23H28N2O3. The predicted molar refractivity (Wildman–Crippen MR) is 108 cm³/mol. The number of carbonyl (C=O) groups excluding carboxylic acids is 1. The zero-order valence-electron chi connectivity index (χ0n) is 16.1. The van der Waals surface area contributed by atoms with Gasteiger partial charge in [0.1, 0.15) is 6.61 Å². The molecule has 148 valence electrons. The molecule has 2 fully saturated rings. The lowest BCUT2D eigenvalue weighted by Gasteiger charge is -2.26. The number of ether oxygens (including phenoxy) is 1. The Morgan fingerprint density at radius 3 is 2.29 bits per heavy atom. The van der Waals surface area contributed by atoms with Crippen LogP contribution in [0, 0.1) is 5.92 Å². The smallest absolute Gasteiger partial charge is 0.410 e. The normalized spacial score (nSPS) is 21.9. The van der Waals surface area contributed by atoms with E-state index in [-0.39, 0.29) is 18.6 Å². The summed E-state index contributed by atoms with van der Waals surface area (Å²) in [6.07, 6.45) is 1.60. The van der Waals surface area contributed by atoms with Crippen molar-refractivity contribution in [2.75, 3.05) is 19.6 Å². The second-order valence-electron chi connectivity index (χ2n) is 7.92. The van der Waals surface area contributed by atoms with Crippen LogP contribution in [0.15, 0.2) is 60.7 Å². The van der Waals surface area contributed by atoms with Crippen molar-refractivity contribution < 1.29 is 14.6 Å². The van der Waals surface area contributed by atoms with Crippen LogP contribution >= 0.6 is 0 Å². The Morgan fingerprint density at radius 2 is 1.64 bits per heavy atom.